The van der Waals surface area contributed by atoms with Crippen molar-refractivity contribution in [1.29, 1.82) is 0 Å². The van der Waals surface area contributed by atoms with Crippen molar-refractivity contribution >= 4 is 17.2 Å². The second kappa shape index (κ2) is 3.84. The largest absolute Gasteiger partial charge is 0.289 e. The Morgan fingerprint density at radius 3 is 3.07 bits per heavy atom. The van der Waals surface area contributed by atoms with Gasteiger partial charge in [-0.1, -0.05) is 0 Å². The fraction of sp³-hybridized carbons (Fsp3) is 0.111. The van der Waals surface area contributed by atoms with E-state index in [1.165, 1.54) is 11.3 Å². The monoisotopic (exact) mass is 222 g/mol. The Labute approximate surface area is 90.5 Å². The van der Waals surface area contributed by atoms with Gasteiger partial charge in [-0.25, -0.2) is 10.8 Å². The van der Waals surface area contributed by atoms with Gasteiger partial charge in [-0.15, -0.1) is 11.3 Å². The number of carbonyl (C=O) groups is 1. The van der Waals surface area contributed by atoms with Crippen LogP contribution in [0.25, 0.3) is 5.13 Å². The lowest BCUT2D eigenvalue weighted by Crippen LogP contribution is -2.31. The molecular weight excluding hydrogens is 212 g/mol. The summed E-state index contributed by atoms with van der Waals surface area (Å²) in [5.41, 5.74) is 3.51. The topological polar surface area (TPSA) is 72.9 Å². The molecule has 1 amide bonds. The predicted molar refractivity (Wildman–Crippen MR) is 57.8 cm³/mol. The maximum absolute atomic E-state index is 11.4. The van der Waals surface area contributed by atoms with Crippen LogP contribution >= 0.6 is 11.3 Å². The molecule has 2 rings (SSSR count). The van der Waals surface area contributed by atoms with Crippen molar-refractivity contribution in [3.63, 3.8) is 0 Å². The number of hydrogen-bond acceptors (Lipinski definition) is 4. The molecule has 5 nitrogen and oxygen atoms in total. The lowest BCUT2D eigenvalue weighted by Gasteiger charge is -2.03. The van der Waals surface area contributed by atoms with E-state index in [9.17, 15) is 4.79 Å². The Morgan fingerprint density at radius 1 is 1.67 bits per heavy atom. The van der Waals surface area contributed by atoms with E-state index in [4.69, 9.17) is 5.84 Å². The summed E-state index contributed by atoms with van der Waals surface area (Å²) in [6.07, 6.45) is 1.78. The van der Waals surface area contributed by atoms with E-state index in [0.717, 1.165) is 10.8 Å². The maximum atomic E-state index is 11.4. The highest BCUT2D eigenvalue weighted by Crippen LogP contribution is 2.17. The molecule has 0 aromatic carbocycles. The third kappa shape index (κ3) is 1.77. The van der Waals surface area contributed by atoms with Crippen molar-refractivity contribution in [3.8, 4) is 5.13 Å². The van der Waals surface area contributed by atoms with Crippen LogP contribution in [0, 0.1) is 6.92 Å². The van der Waals surface area contributed by atoms with Crippen molar-refractivity contribution in [2.45, 2.75) is 6.92 Å². The van der Waals surface area contributed by atoms with Crippen LogP contribution in [0.1, 0.15) is 16.2 Å². The average Bonchev–Trinajstić information content (AvgIpc) is 2.84. The summed E-state index contributed by atoms with van der Waals surface area (Å²) in [5, 5.41) is 2.69. The number of carbonyl (C=O) groups excluding carboxylic acids is 1. The number of nitrogens with one attached hydrogen (secondary N) is 1. The van der Waals surface area contributed by atoms with Crippen LogP contribution in [-0.2, 0) is 0 Å². The highest BCUT2D eigenvalue weighted by Gasteiger charge is 2.12. The van der Waals surface area contributed by atoms with Gasteiger partial charge in [-0.3, -0.25) is 14.8 Å². The number of nitrogen functional groups attached to an aromatic ring is 1. The molecule has 0 saturated heterocycles. The van der Waals surface area contributed by atoms with Gasteiger partial charge in [0.15, 0.2) is 5.13 Å². The van der Waals surface area contributed by atoms with Gasteiger partial charge in [-0.2, -0.15) is 0 Å². The lowest BCUT2D eigenvalue weighted by molar-refractivity contribution is 0.0947. The molecular formula is C9H10N4OS. The zero-order valence-electron chi connectivity index (χ0n) is 8.10. The first-order valence-corrected chi connectivity index (χ1v) is 5.21. The van der Waals surface area contributed by atoms with E-state index < -0.39 is 0 Å². The molecule has 0 aliphatic carbocycles. The highest BCUT2D eigenvalue weighted by molar-refractivity contribution is 7.12. The number of nitrogens with zero attached hydrogens (tertiary/aromatic N) is 2. The normalized spacial score (nSPS) is 10.3. The number of amides is 1. The third-order valence-electron chi connectivity index (χ3n) is 1.93. The van der Waals surface area contributed by atoms with E-state index in [2.05, 4.69) is 10.4 Å². The lowest BCUT2D eigenvalue weighted by atomic mass is 10.4. The molecule has 0 spiro atoms. The molecule has 0 radical (unpaired) electrons. The van der Waals surface area contributed by atoms with E-state index in [1.54, 1.807) is 22.9 Å². The van der Waals surface area contributed by atoms with E-state index in [1.807, 2.05) is 12.3 Å². The zero-order chi connectivity index (χ0) is 10.8. The Bertz CT molecular complexity index is 488. The Hall–Kier alpha value is -1.66. The van der Waals surface area contributed by atoms with Crippen molar-refractivity contribution in [3.05, 3.63) is 35.1 Å². The minimum Gasteiger partial charge on any atom is -0.289 e. The maximum Gasteiger partial charge on any atom is 0.282 e. The van der Waals surface area contributed by atoms with Gasteiger partial charge in [0.1, 0.15) is 5.69 Å². The van der Waals surface area contributed by atoms with Crippen molar-refractivity contribution in [1.82, 2.24) is 15.0 Å². The summed E-state index contributed by atoms with van der Waals surface area (Å²) < 4.78 is 1.71. The average molecular weight is 222 g/mol. The molecule has 0 aliphatic heterocycles. The predicted octanol–water partition coefficient (Wildman–Crippen LogP) is 0.846. The van der Waals surface area contributed by atoms with Crippen molar-refractivity contribution < 1.29 is 4.79 Å². The molecule has 0 saturated carbocycles. The minimum absolute atomic E-state index is 0.326. The van der Waals surface area contributed by atoms with Gasteiger partial charge in [-0.05, 0) is 19.1 Å². The van der Waals surface area contributed by atoms with Gasteiger partial charge in [0.2, 0.25) is 0 Å². The van der Waals surface area contributed by atoms with Crippen LogP contribution in [0.4, 0.5) is 0 Å². The number of hydrazine groups is 1. The Morgan fingerprint density at radius 2 is 2.47 bits per heavy atom. The number of hydrogen-bond donors (Lipinski definition) is 2. The number of aryl methyl sites for hydroxylation is 1. The molecule has 78 valence electrons. The van der Waals surface area contributed by atoms with Gasteiger partial charge >= 0.3 is 0 Å². The van der Waals surface area contributed by atoms with Gasteiger partial charge in [0.25, 0.3) is 5.91 Å². The van der Waals surface area contributed by atoms with E-state index in [0.29, 0.717) is 5.69 Å². The molecule has 3 N–H and O–H groups in total. The molecule has 2 aromatic heterocycles. The van der Waals surface area contributed by atoms with Crippen LogP contribution < -0.4 is 11.3 Å². The summed E-state index contributed by atoms with van der Waals surface area (Å²) in [6.45, 7) is 1.91. The van der Waals surface area contributed by atoms with Crippen LogP contribution in [0.5, 0.6) is 0 Å². The van der Waals surface area contributed by atoms with Crippen LogP contribution in [0.3, 0.4) is 0 Å². The summed E-state index contributed by atoms with van der Waals surface area (Å²) in [7, 11) is 0. The van der Waals surface area contributed by atoms with Crippen LogP contribution in [-0.4, -0.2) is 15.5 Å². The first-order valence-electron chi connectivity index (χ1n) is 4.33. The highest BCUT2D eigenvalue weighted by atomic mass is 32.1. The fourth-order valence-corrected chi connectivity index (χ4v) is 2.06. The Balaban J connectivity index is 2.45. The first-order chi connectivity index (χ1) is 7.22. The number of rotatable bonds is 2. The molecule has 0 bridgehead atoms. The molecule has 6 heteroatoms. The van der Waals surface area contributed by atoms with Gasteiger partial charge < -0.3 is 0 Å². The number of aromatic nitrogens is 2. The molecule has 0 unspecified atom stereocenters. The molecule has 2 aromatic rings. The fourth-order valence-electron chi connectivity index (χ4n) is 1.26. The summed E-state index contributed by atoms with van der Waals surface area (Å²) in [5.74, 6) is 4.76. The van der Waals surface area contributed by atoms with Crippen LogP contribution in [0.2, 0.25) is 0 Å². The van der Waals surface area contributed by atoms with Crippen molar-refractivity contribution in [2.75, 3.05) is 0 Å². The minimum atomic E-state index is -0.326. The number of thiazole rings is 1. The summed E-state index contributed by atoms with van der Waals surface area (Å²) >= 11 is 1.48. The van der Waals surface area contributed by atoms with E-state index >= 15 is 0 Å². The first kappa shape index (κ1) is 9.88. The zero-order valence-corrected chi connectivity index (χ0v) is 8.91. The molecule has 0 fully saturated rings. The van der Waals surface area contributed by atoms with Crippen LogP contribution in [0.15, 0.2) is 23.7 Å². The second-order valence-corrected chi connectivity index (χ2v) is 3.84. The molecule has 0 atom stereocenters. The Kier molecular flexibility index (Phi) is 2.53. The summed E-state index contributed by atoms with van der Waals surface area (Å²) in [4.78, 5) is 15.7. The second-order valence-electron chi connectivity index (χ2n) is 3.01. The quantitative estimate of drug-likeness (QED) is 0.449. The smallest absolute Gasteiger partial charge is 0.282 e. The summed E-state index contributed by atoms with van der Waals surface area (Å²) in [6, 6.07) is 3.47. The SMILES string of the molecule is Cc1csc(-n2cccc2C(=O)NN)n1. The molecule has 0 aliphatic rings. The molecule has 15 heavy (non-hydrogen) atoms. The molecule has 2 heterocycles. The van der Waals surface area contributed by atoms with Crippen molar-refractivity contribution in [2.24, 2.45) is 5.84 Å². The van der Waals surface area contributed by atoms with Gasteiger partial charge in [0.05, 0.1) is 5.69 Å². The van der Waals surface area contributed by atoms with E-state index in [-0.39, 0.29) is 5.91 Å². The third-order valence-corrected chi connectivity index (χ3v) is 2.88. The van der Waals surface area contributed by atoms with Gasteiger partial charge in [0, 0.05) is 11.6 Å². The standard InChI is InChI=1S/C9H10N4OS/c1-6-5-15-9(11-6)13-4-2-3-7(13)8(14)12-10/h2-5H,10H2,1H3,(H,12,14). The number of nitrogens with two attached hydrogens (primary N) is 1.